The van der Waals surface area contributed by atoms with Crippen LogP contribution in [0.25, 0.3) is 11.1 Å². The van der Waals surface area contributed by atoms with Gasteiger partial charge in [0.1, 0.15) is 18.4 Å². The lowest BCUT2D eigenvalue weighted by atomic mass is 9.89. The molecule has 28 heavy (non-hydrogen) atoms. The standard InChI is InChI=1S/C22H23N3O3/c23-13-17(25-21(26)22(24)7-9-27-10-8-22)11-15-5-6-19-18-4-2-1-3-16(18)14-28-20(19)12-15/h1-6,12,17H,7-11,14,24H2,(H,25,26)/t17-/m0/s1. The second-order valence-electron chi connectivity index (χ2n) is 7.40. The topological polar surface area (TPSA) is 97.4 Å². The average molecular weight is 377 g/mol. The number of nitrogens with zero attached hydrogens (tertiary/aromatic N) is 1. The number of carbonyl (C=O) groups is 1. The predicted octanol–water partition coefficient (Wildman–Crippen LogP) is 2.30. The number of nitrogens with one attached hydrogen (secondary N) is 1. The number of nitriles is 1. The normalized spacial score (nSPS) is 18.0. The molecule has 3 N–H and O–H groups in total. The number of nitrogens with two attached hydrogens (primary N) is 1. The van der Waals surface area contributed by atoms with Crippen LogP contribution in [0.3, 0.4) is 0 Å². The van der Waals surface area contributed by atoms with Crippen LogP contribution in [0, 0.1) is 11.3 Å². The summed E-state index contributed by atoms with van der Waals surface area (Å²) in [5.74, 6) is 0.518. The smallest absolute Gasteiger partial charge is 0.241 e. The summed E-state index contributed by atoms with van der Waals surface area (Å²) in [6, 6.07) is 15.6. The van der Waals surface area contributed by atoms with Crippen LogP contribution in [0.1, 0.15) is 24.0 Å². The summed E-state index contributed by atoms with van der Waals surface area (Å²) < 4.78 is 11.2. The average Bonchev–Trinajstić information content (AvgIpc) is 2.73. The van der Waals surface area contributed by atoms with Crippen molar-refractivity contribution in [2.75, 3.05) is 13.2 Å². The van der Waals surface area contributed by atoms with Gasteiger partial charge in [-0.3, -0.25) is 4.79 Å². The summed E-state index contributed by atoms with van der Waals surface area (Å²) in [6.07, 6.45) is 1.32. The number of rotatable bonds is 4. The zero-order chi connectivity index (χ0) is 19.6. The van der Waals surface area contributed by atoms with Crippen molar-refractivity contribution < 1.29 is 14.3 Å². The minimum Gasteiger partial charge on any atom is -0.488 e. The molecule has 0 spiro atoms. The summed E-state index contributed by atoms with van der Waals surface area (Å²) in [7, 11) is 0. The van der Waals surface area contributed by atoms with Crippen molar-refractivity contribution in [3.8, 4) is 22.9 Å². The maximum absolute atomic E-state index is 12.6. The molecule has 0 aliphatic carbocycles. The fourth-order valence-corrected chi connectivity index (χ4v) is 3.73. The number of amides is 1. The summed E-state index contributed by atoms with van der Waals surface area (Å²) >= 11 is 0. The number of benzene rings is 2. The lowest BCUT2D eigenvalue weighted by Gasteiger charge is -2.32. The Bertz CT molecular complexity index is 929. The Kier molecular flexibility index (Phi) is 5.03. The largest absolute Gasteiger partial charge is 0.488 e. The van der Waals surface area contributed by atoms with Crippen LogP contribution in [0.4, 0.5) is 0 Å². The van der Waals surface area contributed by atoms with E-state index in [1.54, 1.807) is 0 Å². The molecule has 1 saturated heterocycles. The number of carbonyl (C=O) groups excluding carboxylic acids is 1. The van der Waals surface area contributed by atoms with Crippen LogP contribution in [-0.4, -0.2) is 30.7 Å². The van der Waals surface area contributed by atoms with E-state index in [-0.39, 0.29) is 5.91 Å². The minimum atomic E-state index is -0.962. The molecule has 144 valence electrons. The van der Waals surface area contributed by atoms with E-state index in [9.17, 15) is 10.1 Å². The van der Waals surface area contributed by atoms with Gasteiger partial charge in [-0.25, -0.2) is 0 Å². The molecule has 0 aromatic heterocycles. The molecule has 0 radical (unpaired) electrons. The third-order valence-corrected chi connectivity index (χ3v) is 5.47. The van der Waals surface area contributed by atoms with Gasteiger partial charge >= 0.3 is 0 Å². The Morgan fingerprint density at radius 3 is 2.79 bits per heavy atom. The Hall–Kier alpha value is -2.88. The molecule has 1 amide bonds. The molecular weight excluding hydrogens is 354 g/mol. The number of hydrogen-bond donors (Lipinski definition) is 2. The Labute approximate surface area is 164 Å². The quantitative estimate of drug-likeness (QED) is 0.852. The molecule has 4 rings (SSSR count). The molecule has 6 nitrogen and oxygen atoms in total. The lowest BCUT2D eigenvalue weighted by molar-refractivity contribution is -0.130. The highest BCUT2D eigenvalue weighted by Crippen LogP contribution is 2.38. The van der Waals surface area contributed by atoms with E-state index >= 15 is 0 Å². The Morgan fingerprint density at radius 1 is 1.21 bits per heavy atom. The lowest BCUT2D eigenvalue weighted by Crippen LogP contribution is -2.58. The molecular formula is C22H23N3O3. The van der Waals surface area contributed by atoms with E-state index in [1.165, 1.54) is 5.56 Å². The van der Waals surface area contributed by atoms with Crippen molar-refractivity contribution in [3.63, 3.8) is 0 Å². The summed E-state index contributed by atoms with van der Waals surface area (Å²) in [5.41, 5.74) is 9.57. The van der Waals surface area contributed by atoms with Crippen molar-refractivity contribution in [1.29, 1.82) is 5.26 Å². The fraction of sp³-hybridized carbons (Fsp3) is 0.364. The van der Waals surface area contributed by atoms with Gasteiger partial charge in [0.2, 0.25) is 5.91 Å². The van der Waals surface area contributed by atoms with E-state index < -0.39 is 11.6 Å². The number of fused-ring (bicyclic) bond motifs is 3. The van der Waals surface area contributed by atoms with Gasteiger partial charge in [-0.05, 0) is 35.6 Å². The van der Waals surface area contributed by atoms with Crippen LogP contribution in [0.5, 0.6) is 5.75 Å². The molecule has 2 aromatic carbocycles. The first-order chi connectivity index (χ1) is 13.6. The molecule has 1 fully saturated rings. The van der Waals surface area contributed by atoms with Crippen LogP contribution in [-0.2, 0) is 22.6 Å². The second-order valence-corrected chi connectivity index (χ2v) is 7.40. The van der Waals surface area contributed by atoms with E-state index in [1.807, 2.05) is 30.3 Å². The van der Waals surface area contributed by atoms with Gasteiger partial charge in [0.05, 0.1) is 11.6 Å². The van der Waals surface area contributed by atoms with Crippen molar-refractivity contribution in [2.45, 2.75) is 37.5 Å². The van der Waals surface area contributed by atoms with E-state index in [2.05, 4.69) is 23.5 Å². The van der Waals surface area contributed by atoms with E-state index in [0.29, 0.717) is 39.1 Å². The maximum Gasteiger partial charge on any atom is 0.241 e. The highest BCUT2D eigenvalue weighted by Gasteiger charge is 2.36. The number of hydrogen-bond acceptors (Lipinski definition) is 5. The third kappa shape index (κ3) is 3.59. The molecule has 0 unspecified atom stereocenters. The molecule has 2 aliphatic rings. The summed E-state index contributed by atoms with van der Waals surface area (Å²) in [5, 5.41) is 12.3. The maximum atomic E-state index is 12.6. The van der Waals surface area contributed by atoms with Crippen molar-refractivity contribution in [2.24, 2.45) is 5.73 Å². The Morgan fingerprint density at radius 2 is 2.00 bits per heavy atom. The van der Waals surface area contributed by atoms with Gasteiger partial charge in [0, 0.05) is 25.2 Å². The van der Waals surface area contributed by atoms with Crippen LogP contribution in [0.15, 0.2) is 42.5 Å². The zero-order valence-electron chi connectivity index (χ0n) is 15.6. The zero-order valence-corrected chi connectivity index (χ0v) is 15.6. The van der Waals surface area contributed by atoms with Crippen LogP contribution in [0.2, 0.25) is 0 Å². The third-order valence-electron chi connectivity index (χ3n) is 5.47. The van der Waals surface area contributed by atoms with Gasteiger partial charge < -0.3 is 20.5 Å². The van der Waals surface area contributed by atoms with Gasteiger partial charge in [-0.15, -0.1) is 0 Å². The van der Waals surface area contributed by atoms with Gasteiger partial charge in [-0.2, -0.15) is 5.26 Å². The van der Waals surface area contributed by atoms with E-state index in [0.717, 1.165) is 22.4 Å². The Balaban J connectivity index is 1.48. The van der Waals surface area contributed by atoms with Gasteiger partial charge in [0.15, 0.2) is 0 Å². The SMILES string of the molecule is N#C[C@H](Cc1ccc2c(c1)OCc1ccccc1-2)NC(=O)C1(N)CCOCC1. The van der Waals surface area contributed by atoms with Gasteiger partial charge in [-0.1, -0.05) is 36.4 Å². The predicted molar refractivity (Wildman–Crippen MR) is 104 cm³/mol. The first-order valence-electron chi connectivity index (χ1n) is 9.50. The molecule has 2 aromatic rings. The van der Waals surface area contributed by atoms with Gasteiger partial charge in [0.25, 0.3) is 0 Å². The van der Waals surface area contributed by atoms with E-state index in [4.69, 9.17) is 15.2 Å². The van der Waals surface area contributed by atoms with Crippen molar-refractivity contribution >= 4 is 5.91 Å². The second kappa shape index (κ2) is 7.63. The molecule has 2 heterocycles. The molecule has 2 aliphatic heterocycles. The van der Waals surface area contributed by atoms with Crippen molar-refractivity contribution in [1.82, 2.24) is 5.32 Å². The van der Waals surface area contributed by atoms with Crippen LogP contribution >= 0.6 is 0 Å². The first-order valence-corrected chi connectivity index (χ1v) is 9.50. The minimum absolute atomic E-state index is 0.287. The fourth-order valence-electron chi connectivity index (χ4n) is 3.73. The summed E-state index contributed by atoms with van der Waals surface area (Å²) in [4.78, 5) is 12.6. The first kappa shape index (κ1) is 18.5. The molecule has 0 saturated carbocycles. The summed E-state index contributed by atoms with van der Waals surface area (Å²) in [6.45, 7) is 1.46. The number of ether oxygens (including phenoxy) is 2. The van der Waals surface area contributed by atoms with Crippen LogP contribution < -0.4 is 15.8 Å². The van der Waals surface area contributed by atoms with Crippen molar-refractivity contribution in [3.05, 3.63) is 53.6 Å². The molecule has 0 bridgehead atoms. The highest BCUT2D eigenvalue weighted by atomic mass is 16.5. The molecule has 6 heteroatoms. The molecule has 1 atom stereocenters. The highest BCUT2D eigenvalue weighted by molar-refractivity contribution is 5.86. The monoisotopic (exact) mass is 377 g/mol.